The number of hydrogen-bond acceptors (Lipinski definition) is 2. The monoisotopic (exact) mass is 260 g/mol. The van der Waals surface area contributed by atoms with Gasteiger partial charge in [-0.05, 0) is 75.2 Å². The Kier molecular flexibility index (Phi) is 2.56. The standard InChI is InChI=1S/C17H28N2/c1-2-16-11-19(5-4-18(16)3-1)17-14-7-12-6-13(9-14)10-15(17)8-12/h12-17H,1-11H2/t12?,13?,14?,15?,16-,17?/m1/s1. The molecule has 0 aromatic heterocycles. The zero-order valence-corrected chi connectivity index (χ0v) is 12.1. The van der Waals surface area contributed by atoms with Crippen molar-refractivity contribution >= 4 is 0 Å². The molecule has 0 aromatic carbocycles. The van der Waals surface area contributed by atoms with Crippen LogP contribution in [0.1, 0.15) is 44.9 Å². The molecule has 0 aromatic rings. The van der Waals surface area contributed by atoms with Gasteiger partial charge in [-0.2, -0.15) is 0 Å². The fourth-order valence-electron chi connectivity index (χ4n) is 6.78. The first-order valence-electron chi connectivity index (χ1n) is 8.85. The fraction of sp³-hybridized carbons (Fsp3) is 1.00. The second kappa shape index (κ2) is 4.21. The maximum absolute atomic E-state index is 2.96. The van der Waals surface area contributed by atoms with Gasteiger partial charge in [0.15, 0.2) is 0 Å². The van der Waals surface area contributed by atoms with Gasteiger partial charge in [0.05, 0.1) is 0 Å². The summed E-state index contributed by atoms with van der Waals surface area (Å²) >= 11 is 0. The highest BCUT2D eigenvalue weighted by atomic mass is 15.3. The van der Waals surface area contributed by atoms with E-state index in [2.05, 4.69) is 9.80 Å². The predicted octanol–water partition coefficient (Wildman–Crippen LogP) is 2.59. The maximum atomic E-state index is 2.96. The van der Waals surface area contributed by atoms with Crippen LogP contribution in [0.4, 0.5) is 0 Å². The van der Waals surface area contributed by atoms with E-state index in [1.165, 1.54) is 39.0 Å². The van der Waals surface area contributed by atoms with Gasteiger partial charge < -0.3 is 0 Å². The maximum Gasteiger partial charge on any atom is 0.0224 e. The van der Waals surface area contributed by atoms with Crippen LogP contribution < -0.4 is 0 Å². The average Bonchev–Trinajstić information content (AvgIpc) is 2.84. The van der Waals surface area contributed by atoms with Gasteiger partial charge in [-0.15, -0.1) is 0 Å². The van der Waals surface area contributed by atoms with Crippen LogP contribution in [0.2, 0.25) is 0 Å². The molecule has 106 valence electrons. The summed E-state index contributed by atoms with van der Waals surface area (Å²) in [6, 6.07) is 1.92. The van der Waals surface area contributed by atoms with E-state index in [1.807, 2.05) is 0 Å². The topological polar surface area (TPSA) is 6.48 Å². The van der Waals surface area contributed by atoms with Crippen LogP contribution in [0.15, 0.2) is 0 Å². The zero-order valence-electron chi connectivity index (χ0n) is 12.1. The van der Waals surface area contributed by atoms with Crippen LogP contribution in [-0.4, -0.2) is 48.1 Å². The van der Waals surface area contributed by atoms with Crippen molar-refractivity contribution in [2.75, 3.05) is 26.2 Å². The largest absolute Gasteiger partial charge is 0.298 e. The molecule has 6 aliphatic rings. The molecule has 0 unspecified atom stereocenters. The first kappa shape index (κ1) is 11.6. The third-order valence-electron chi connectivity index (χ3n) is 7.22. The molecule has 2 heteroatoms. The molecule has 4 saturated carbocycles. The van der Waals surface area contributed by atoms with Crippen molar-refractivity contribution in [3.05, 3.63) is 0 Å². The average molecular weight is 260 g/mol. The molecule has 4 bridgehead atoms. The van der Waals surface area contributed by atoms with Gasteiger partial charge in [0.25, 0.3) is 0 Å². The minimum Gasteiger partial charge on any atom is -0.298 e. The van der Waals surface area contributed by atoms with Crippen LogP contribution >= 0.6 is 0 Å². The lowest BCUT2D eigenvalue weighted by Gasteiger charge is -2.58. The van der Waals surface area contributed by atoms with E-state index in [4.69, 9.17) is 0 Å². The van der Waals surface area contributed by atoms with Gasteiger partial charge in [-0.25, -0.2) is 0 Å². The van der Waals surface area contributed by atoms with E-state index >= 15 is 0 Å². The normalized spacial score (nSPS) is 53.7. The van der Waals surface area contributed by atoms with Crippen molar-refractivity contribution in [1.82, 2.24) is 9.80 Å². The van der Waals surface area contributed by atoms with Crippen molar-refractivity contribution in [2.45, 2.75) is 57.0 Å². The van der Waals surface area contributed by atoms with Crippen LogP contribution in [-0.2, 0) is 0 Å². The Morgan fingerprint density at radius 2 is 1.37 bits per heavy atom. The summed E-state index contributed by atoms with van der Waals surface area (Å²) in [5, 5.41) is 0. The lowest BCUT2D eigenvalue weighted by molar-refractivity contribution is -0.0814. The summed E-state index contributed by atoms with van der Waals surface area (Å²) in [6.07, 6.45) is 10.9. The van der Waals surface area contributed by atoms with Crippen LogP contribution in [0.25, 0.3) is 0 Å². The summed E-state index contributed by atoms with van der Waals surface area (Å²) in [4.78, 5) is 5.73. The number of piperazine rings is 1. The summed E-state index contributed by atoms with van der Waals surface area (Å²) in [6.45, 7) is 5.55. The van der Waals surface area contributed by atoms with Crippen molar-refractivity contribution in [1.29, 1.82) is 0 Å². The van der Waals surface area contributed by atoms with E-state index in [1.54, 1.807) is 32.1 Å². The molecule has 6 fully saturated rings. The number of fused-ring (bicyclic) bond motifs is 1. The predicted molar refractivity (Wildman–Crippen MR) is 77.0 cm³/mol. The highest BCUT2D eigenvalue weighted by Crippen LogP contribution is 2.55. The molecule has 0 spiro atoms. The summed E-state index contributed by atoms with van der Waals surface area (Å²) in [5.41, 5.74) is 0. The van der Waals surface area contributed by atoms with Crippen LogP contribution in [0.5, 0.6) is 0 Å². The minimum absolute atomic E-state index is 0.922. The molecular weight excluding hydrogens is 232 g/mol. The zero-order chi connectivity index (χ0) is 12.4. The highest BCUT2D eigenvalue weighted by molar-refractivity contribution is 5.03. The van der Waals surface area contributed by atoms with Gasteiger partial charge in [0.2, 0.25) is 0 Å². The van der Waals surface area contributed by atoms with E-state index in [-0.39, 0.29) is 0 Å². The van der Waals surface area contributed by atoms with Gasteiger partial charge in [-0.1, -0.05) is 0 Å². The molecule has 1 atom stereocenters. The number of nitrogens with zero attached hydrogens (tertiary/aromatic N) is 2. The summed E-state index contributed by atoms with van der Waals surface area (Å²) in [5.74, 6) is 4.44. The lowest BCUT2D eigenvalue weighted by Crippen LogP contribution is -2.61. The third kappa shape index (κ3) is 1.75. The molecule has 19 heavy (non-hydrogen) atoms. The third-order valence-corrected chi connectivity index (χ3v) is 7.22. The van der Waals surface area contributed by atoms with Gasteiger partial charge in [0.1, 0.15) is 0 Å². The molecule has 0 radical (unpaired) electrons. The molecule has 0 amide bonds. The number of hydrogen-bond donors (Lipinski definition) is 0. The first-order valence-corrected chi connectivity index (χ1v) is 8.85. The molecule has 2 nitrogen and oxygen atoms in total. The molecule has 4 aliphatic carbocycles. The molecule has 2 saturated heterocycles. The van der Waals surface area contributed by atoms with Crippen LogP contribution in [0, 0.1) is 23.7 Å². The molecule has 0 N–H and O–H groups in total. The van der Waals surface area contributed by atoms with E-state index in [0.717, 1.165) is 35.8 Å². The first-order chi connectivity index (χ1) is 9.37. The van der Waals surface area contributed by atoms with E-state index in [9.17, 15) is 0 Å². The highest BCUT2D eigenvalue weighted by Gasteiger charge is 2.50. The fourth-order valence-corrected chi connectivity index (χ4v) is 6.78. The summed E-state index contributed by atoms with van der Waals surface area (Å²) in [7, 11) is 0. The van der Waals surface area contributed by atoms with Crippen molar-refractivity contribution < 1.29 is 0 Å². The lowest BCUT2D eigenvalue weighted by atomic mass is 9.54. The molecule has 2 heterocycles. The quantitative estimate of drug-likeness (QED) is 0.715. The van der Waals surface area contributed by atoms with Gasteiger partial charge >= 0.3 is 0 Å². The second-order valence-corrected chi connectivity index (χ2v) is 8.25. The molecule has 6 rings (SSSR count). The Morgan fingerprint density at radius 3 is 2.11 bits per heavy atom. The van der Waals surface area contributed by atoms with E-state index in [0.29, 0.717) is 0 Å². The number of rotatable bonds is 1. The van der Waals surface area contributed by atoms with Crippen molar-refractivity contribution in [3.63, 3.8) is 0 Å². The Balaban J connectivity index is 1.36. The SMILES string of the molecule is C1C[C@@H]2CN(C3C4CC5CC(C4)CC3C5)CCN2C1. The Morgan fingerprint density at radius 1 is 0.684 bits per heavy atom. The van der Waals surface area contributed by atoms with Gasteiger partial charge in [0, 0.05) is 31.7 Å². The Bertz CT molecular complexity index is 338. The van der Waals surface area contributed by atoms with E-state index < -0.39 is 0 Å². The summed E-state index contributed by atoms with van der Waals surface area (Å²) < 4.78 is 0. The minimum atomic E-state index is 0.922. The second-order valence-electron chi connectivity index (χ2n) is 8.25. The van der Waals surface area contributed by atoms with Gasteiger partial charge in [-0.3, -0.25) is 9.80 Å². The Labute approximate surface area is 117 Å². The molecular formula is C17H28N2. The smallest absolute Gasteiger partial charge is 0.0224 e. The molecule has 2 aliphatic heterocycles. The Hall–Kier alpha value is -0.0800. The van der Waals surface area contributed by atoms with Crippen molar-refractivity contribution in [2.24, 2.45) is 23.7 Å². The van der Waals surface area contributed by atoms with Crippen LogP contribution in [0.3, 0.4) is 0 Å². The van der Waals surface area contributed by atoms with Crippen molar-refractivity contribution in [3.8, 4) is 0 Å².